The molecule has 2 rings (SSSR count). The first kappa shape index (κ1) is 17.7. The van der Waals surface area contributed by atoms with Crippen LogP contribution in [-0.4, -0.2) is 46.0 Å². The summed E-state index contributed by atoms with van der Waals surface area (Å²) in [6, 6.07) is 9.05. The second-order valence-electron chi connectivity index (χ2n) is 5.24. The number of hydrogen-bond acceptors (Lipinski definition) is 5. The number of benzene rings is 1. The van der Waals surface area contributed by atoms with Crippen molar-refractivity contribution in [3.05, 3.63) is 30.3 Å². The SMILES string of the molecule is C[C@@H](OC(=O)CSC(=S)N1CCCC1)C(=O)Nc1ccccc1. The van der Waals surface area contributed by atoms with E-state index in [0.717, 1.165) is 30.3 Å². The van der Waals surface area contributed by atoms with Crippen molar-refractivity contribution in [1.82, 2.24) is 4.90 Å². The van der Waals surface area contributed by atoms with Crippen LogP contribution in [0.3, 0.4) is 0 Å². The highest BCUT2D eigenvalue weighted by Crippen LogP contribution is 2.16. The number of esters is 1. The fraction of sp³-hybridized carbons (Fsp3) is 0.438. The summed E-state index contributed by atoms with van der Waals surface area (Å²) < 4.78 is 5.87. The van der Waals surface area contributed by atoms with Crippen LogP contribution in [0.4, 0.5) is 5.69 Å². The van der Waals surface area contributed by atoms with Crippen LogP contribution in [0, 0.1) is 0 Å². The van der Waals surface area contributed by atoms with Gasteiger partial charge in [-0.15, -0.1) is 0 Å². The van der Waals surface area contributed by atoms with Crippen molar-refractivity contribution in [3.8, 4) is 0 Å². The molecule has 0 aliphatic carbocycles. The number of carbonyl (C=O) groups excluding carboxylic acids is 2. The number of ether oxygens (including phenoxy) is 1. The van der Waals surface area contributed by atoms with E-state index in [4.69, 9.17) is 17.0 Å². The number of thiocarbonyl (C=S) groups is 1. The number of para-hydroxylation sites is 1. The van der Waals surface area contributed by atoms with Crippen molar-refractivity contribution in [3.63, 3.8) is 0 Å². The highest BCUT2D eigenvalue weighted by atomic mass is 32.2. The van der Waals surface area contributed by atoms with Gasteiger partial charge in [0.1, 0.15) is 4.32 Å². The highest BCUT2D eigenvalue weighted by molar-refractivity contribution is 8.23. The van der Waals surface area contributed by atoms with Crippen LogP contribution in [0.15, 0.2) is 30.3 Å². The third-order valence-electron chi connectivity index (χ3n) is 3.40. The van der Waals surface area contributed by atoms with Gasteiger partial charge >= 0.3 is 5.97 Å². The lowest BCUT2D eigenvalue weighted by Crippen LogP contribution is -2.31. The van der Waals surface area contributed by atoms with E-state index in [9.17, 15) is 9.59 Å². The minimum atomic E-state index is -0.844. The zero-order valence-electron chi connectivity index (χ0n) is 13.0. The summed E-state index contributed by atoms with van der Waals surface area (Å²) in [5, 5.41) is 2.70. The van der Waals surface area contributed by atoms with Crippen molar-refractivity contribution in [2.45, 2.75) is 25.9 Å². The third-order valence-corrected chi connectivity index (χ3v) is 4.89. The Labute approximate surface area is 145 Å². The molecule has 1 N–H and O–H groups in total. The maximum atomic E-state index is 12.0. The van der Waals surface area contributed by atoms with E-state index in [-0.39, 0.29) is 11.7 Å². The van der Waals surface area contributed by atoms with E-state index in [1.807, 2.05) is 18.2 Å². The second-order valence-corrected chi connectivity index (χ2v) is 6.85. The zero-order chi connectivity index (χ0) is 16.7. The quantitative estimate of drug-likeness (QED) is 0.649. The number of nitrogens with zero attached hydrogens (tertiary/aromatic N) is 1. The molecule has 0 spiro atoms. The number of anilines is 1. The van der Waals surface area contributed by atoms with Crippen molar-refractivity contribution in [2.24, 2.45) is 0 Å². The Kier molecular flexibility index (Phi) is 6.85. The lowest BCUT2D eigenvalue weighted by molar-refractivity contribution is -0.150. The van der Waals surface area contributed by atoms with E-state index in [1.54, 1.807) is 19.1 Å². The summed E-state index contributed by atoms with van der Waals surface area (Å²) in [5.41, 5.74) is 0.671. The first-order valence-electron chi connectivity index (χ1n) is 7.53. The number of likely N-dealkylation sites (tertiary alicyclic amines) is 1. The predicted molar refractivity (Wildman–Crippen MR) is 96.5 cm³/mol. The molecule has 0 radical (unpaired) electrons. The molecular formula is C16H20N2O3S2. The van der Waals surface area contributed by atoms with Crippen molar-refractivity contribution < 1.29 is 14.3 Å². The first-order chi connectivity index (χ1) is 11.1. The van der Waals surface area contributed by atoms with Gasteiger partial charge in [0.15, 0.2) is 6.10 Å². The van der Waals surface area contributed by atoms with Crippen molar-refractivity contribution >= 4 is 45.9 Å². The molecule has 0 aromatic heterocycles. The van der Waals surface area contributed by atoms with Gasteiger partial charge in [-0.25, -0.2) is 0 Å². The lowest BCUT2D eigenvalue weighted by atomic mass is 10.3. The molecule has 1 aromatic rings. The molecule has 1 atom stereocenters. The minimum absolute atomic E-state index is 0.123. The third kappa shape index (κ3) is 5.84. The summed E-state index contributed by atoms with van der Waals surface area (Å²) in [6.45, 7) is 3.47. The molecule has 1 aliphatic rings. The van der Waals surface area contributed by atoms with Crippen LogP contribution >= 0.6 is 24.0 Å². The zero-order valence-corrected chi connectivity index (χ0v) is 14.6. The average molecular weight is 352 g/mol. The maximum absolute atomic E-state index is 12.0. The van der Waals surface area contributed by atoms with Crippen molar-refractivity contribution in [1.29, 1.82) is 0 Å². The lowest BCUT2D eigenvalue weighted by Gasteiger charge is -2.18. The fourth-order valence-electron chi connectivity index (χ4n) is 2.16. The van der Waals surface area contributed by atoms with Crippen molar-refractivity contribution in [2.75, 3.05) is 24.2 Å². The van der Waals surface area contributed by atoms with Gasteiger partial charge in [-0.3, -0.25) is 9.59 Å². The topological polar surface area (TPSA) is 58.6 Å². The van der Waals surface area contributed by atoms with Gasteiger partial charge in [0.25, 0.3) is 5.91 Å². The average Bonchev–Trinajstić information content (AvgIpc) is 3.08. The van der Waals surface area contributed by atoms with Crippen LogP contribution in [0.2, 0.25) is 0 Å². The van der Waals surface area contributed by atoms with Gasteiger partial charge in [-0.05, 0) is 31.9 Å². The highest BCUT2D eigenvalue weighted by Gasteiger charge is 2.20. The summed E-state index contributed by atoms with van der Waals surface area (Å²) in [4.78, 5) is 25.9. The van der Waals surface area contributed by atoms with Gasteiger partial charge in [0.2, 0.25) is 0 Å². The van der Waals surface area contributed by atoms with Crippen LogP contribution < -0.4 is 5.32 Å². The fourth-order valence-corrected chi connectivity index (χ4v) is 3.20. The molecule has 5 nitrogen and oxygen atoms in total. The van der Waals surface area contributed by atoms with Gasteiger partial charge in [0.05, 0.1) is 5.75 Å². The van der Waals surface area contributed by atoms with E-state index in [0.29, 0.717) is 5.69 Å². The van der Waals surface area contributed by atoms with Crippen LogP contribution in [0.5, 0.6) is 0 Å². The second kappa shape index (κ2) is 8.88. The molecule has 1 aliphatic heterocycles. The van der Waals surface area contributed by atoms with Crippen LogP contribution in [0.1, 0.15) is 19.8 Å². The Morgan fingerprint density at radius 1 is 1.30 bits per heavy atom. The monoisotopic (exact) mass is 352 g/mol. The molecule has 1 aromatic carbocycles. The molecule has 23 heavy (non-hydrogen) atoms. The molecule has 124 valence electrons. The van der Waals surface area contributed by atoms with Gasteiger partial charge in [-0.2, -0.15) is 0 Å². The predicted octanol–water partition coefficient (Wildman–Crippen LogP) is 2.67. The molecule has 7 heteroatoms. The van der Waals surface area contributed by atoms with E-state index < -0.39 is 12.1 Å². The van der Waals surface area contributed by atoms with Gasteiger partial charge in [0, 0.05) is 18.8 Å². The summed E-state index contributed by atoms with van der Waals surface area (Å²) >= 11 is 6.58. The summed E-state index contributed by atoms with van der Waals surface area (Å²) in [6.07, 6.45) is 1.44. The Balaban J connectivity index is 1.71. The first-order valence-corrected chi connectivity index (χ1v) is 8.93. The number of hydrogen-bond donors (Lipinski definition) is 1. The Morgan fingerprint density at radius 2 is 1.96 bits per heavy atom. The van der Waals surface area contributed by atoms with Crippen LogP contribution in [0.25, 0.3) is 0 Å². The number of rotatable bonds is 5. The molecule has 1 saturated heterocycles. The number of thioether (sulfide) groups is 1. The smallest absolute Gasteiger partial charge is 0.317 e. The van der Waals surface area contributed by atoms with E-state index in [1.165, 1.54) is 11.8 Å². The largest absolute Gasteiger partial charge is 0.452 e. The molecule has 1 heterocycles. The molecular weight excluding hydrogens is 332 g/mol. The molecule has 1 amide bonds. The summed E-state index contributed by atoms with van der Waals surface area (Å²) in [5.74, 6) is -0.665. The van der Waals surface area contributed by atoms with Gasteiger partial charge in [-0.1, -0.05) is 42.2 Å². The number of nitrogens with one attached hydrogen (secondary N) is 1. The van der Waals surface area contributed by atoms with Gasteiger partial charge < -0.3 is 15.0 Å². The van der Waals surface area contributed by atoms with E-state index >= 15 is 0 Å². The molecule has 0 unspecified atom stereocenters. The summed E-state index contributed by atoms with van der Waals surface area (Å²) in [7, 11) is 0. The molecule has 1 fully saturated rings. The van der Waals surface area contributed by atoms with Crippen LogP contribution in [-0.2, 0) is 14.3 Å². The number of carbonyl (C=O) groups is 2. The van der Waals surface area contributed by atoms with E-state index in [2.05, 4.69) is 10.2 Å². The maximum Gasteiger partial charge on any atom is 0.317 e. The number of amides is 1. The Morgan fingerprint density at radius 3 is 2.61 bits per heavy atom. The normalized spacial score (nSPS) is 15.1. The minimum Gasteiger partial charge on any atom is -0.452 e. The molecule has 0 bridgehead atoms. The standard InChI is InChI=1S/C16H20N2O3S2/c1-12(15(20)17-13-7-3-2-4-8-13)21-14(19)11-23-16(22)18-9-5-6-10-18/h2-4,7-8,12H,5-6,9-11H2,1H3,(H,17,20)/t12-/m1/s1. The molecule has 0 saturated carbocycles. The Bertz CT molecular complexity index is 560. The Hall–Kier alpha value is -1.60.